The molecule has 0 amide bonds. The molecule has 1 aliphatic rings. The van der Waals surface area contributed by atoms with Crippen molar-refractivity contribution >= 4 is 39.1 Å². The maximum atomic E-state index is 13.4. The number of nitrogens with zero attached hydrogens (tertiary/aromatic N) is 2. The molecule has 166 valence electrons. The Bertz CT molecular complexity index is 1410. The molecule has 33 heavy (non-hydrogen) atoms. The van der Waals surface area contributed by atoms with Crippen molar-refractivity contribution in [2.75, 3.05) is 19.0 Å². The molecule has 0 unspecified atom stereocenters. The third-order valence-corrected chi connectivity index (χ3v) is 7.10. The average molecular weight is 477 g/mol. The fraction of sp³-hybridized carbons (Fsp3) is 0.160. The summed E-state index contributed by atoms with van der Waals surface area (Å²) in [4.78, 5) is 31.7. The van der Waals surface area contributed by atoms with Crippen molar-refractivity contribution in [3.63, 3.8) is 0 Å². The van der Waals surface area contributed by atoms with Gasteiger partial charge in [-0.2, -0.15) is 0 Å². The van der Waals surface area contributed by atoms with Gasteiger partial charge in [-0.3, -0.25) is 14.2 Å². The maximum absolute atomic E-state index is 13.4. The molecule has 0 radical (unpaired) electrons. The molecule has 0 saturated carbocycles. The van der Waals surface area contributed by atoms with Gasteiger partial charge >= 0.3 is 0 Å². The highest BCUT2D eigenvalue weighted by atomic mass is 32.2. The van der Waals surface area contributed by atoms with Crippen LogP contribution in [-0.2, 0) is 6.54 Å². The predicted molar refractivity (Wildman–Crippen MR) is 132 cm³/mol. The van der Waals surface area contributed by atoms with Crippen LogP contribution >= 0.6 is 23.1 Å². The third-order valence-electron chi connectivity index (χ3n) is 5.25. The molecule has 2 aromatic carbocycles. The highest BCUT2D eigenvalue weighted by Crippen LogP contribution is 2.33. The Kier molecular flexibility index (Phi) is 6.02. The van der Waals surface area contributed by atoms with Crippen LogP contribution < -0.4 is 15.0 Å². The van der Waals surface area contributed by atoms with E-state index in [4.69, 9.17) is 14.5 Å². The van der Waals surface area contributed by atoms with Crippen molar-refractivity contribution in [1.29, 1.82) is 0 Å². The lowest BCUT2D eigenvalue weighted by molar-refractivity contribution is 0.102. The number of Topliss-reactive ketones (excluding diaryl/α,β-unsaturated/α-hetero) is 1. The molecule has 0 atom stereocenters. The van der Waals surface area contributed by atoms with E-state index in [0.717, 1.165) is 11.1 Å². The molecule has 4 aromatic rings. The molecule has 6 nitrogen and oxygen atoms in total. The second-order valence-corrected chi connectivity index (χ2v) is 9.17. The summed E-state index contributed by atoms with van der Waals surface area (Å²) in [5, 5.41) is 3.05. The molecule has 0 fully saturated rings. The summed E-state index contributed by atoms with van der Waals surface area (Å²) in [6.45, 7) is 5.06. The van der Waals surface area contributed by atoms with Crippen LogP contribution in [-0.4, -0.2) is 34.3 Å². The number of thioether (sulfide) groups is 1. The van der Waals surface area contributed by atoms with E-state index in [2.05, 4.69) is 6.58 Å². The van der Waals surface area contributed by atoms with Gasteiger partial charge in [-0.1, -0.05) is 48.2 Å². The molecule has 0 saturated heterocycles. The maximum Gasteiger partial charge on any atom is 0.263 e. The highest BCUT2D eigenvalue weighted by Gasteiger charge is 2.19. The average Bonchev–Trinajstić information content (AvgIpc) is 3.29. The third kappa shape index (κ3) is 4.19. The number of carbonyl (C=O) groups is 1. The standard InChI is InChI=1S/C25H20N2O4S2/c1-2-10-27-24(29)22-18(16-6-4-3-5-7-16)14-32-23(22)26-25(27)33-15-19(28)17-8-9-20-21(13-17)31-12-11-30-20/h2-9,13-14H,1,10-12,15H2. The Morgan fingerprint density at radius 3 is 2.73 bits per heavy atom. The van der Waals surface area contributed by atoms with E-state index in [1.54, 1.807) is 28.8 Å². The van der Waals surface area contributed by atoms with Crippen molar-refractivity contribution < 1.29 is 14.3 Å². The normalized spacial score (nSPS) is 12.6. The van der Waals surface area contributed by atoms with E-state index in [1.165, 1.54) is 23.1 Å². The summed E-state index contributed by atoms with van der Waals surface area (Å²) < 4.78 is 12.7. The summed E-state index contributed by atoms with van der Waals surface area (Å²) in [5.41, 5.74) is 2.25. The van der Waals surface area contributed by atoms with E-state index < -0.39 is 0 Å². The first-order valence-corrected chi connectivity index (χ1v) is 12.3. The lowest BCUT2D eigenvalue weighted by atomic mass is 10.1. The number of hydrogen-bond acceptors (Lipinski definition) is 7. The fourth-order valence-electron chi connectivity index (χ4n) is 3.67. The smallest absolute Gasteiger partial charge is 0.263 e. The van der Waals surface area contributed by atoms with Gasteiger partial charge in [-0.05, 0) is 23.8 Å². The zero-order valence-electron chi connectivity index (χ0n) is 17.7. The van der Waals surface area contributed by atoms with Crippen LogP contribution in [0.1, 0.15) is 10.4 Å². The van der Waals surface area contributed by atoms with Crippen LogP contribution in [0, 0.1) is 0 Å². The Morgan fingerprint density at radius 1 is 1.15 bits per heavy atom. The van der Waals surface area contributed by atoms with Crippen LogP contribution in [0.2, 0.25) is 0 Å². The van der Waals surface area contributed by atoms with Gasteiger partial charge in [0, 0.05) is 23.1 Å². The zero-order valence-corrected chi connectivity index (χ0v) is 19.3. The molecule has 0 N–H and O–H groups in total. The van der Waals surface area contributed by atoms with Crippen LogP contribution in [0.3, 0.4) is 0 Å². The van der Waals surface area contributed by atoms with E-state index in [9.17, 15) is 9.59 Å². The zero-order chi connectivity index (χ0) is 22.8. The summed E-state index contributed by atoms with van der Waals surface area (Å²) in [6.07, 6.45) is 1.66. The van der Waals surface area contributed by atoms with Crippen LogP contribution in [0.25, 0.3) is 21.3 Å². The Labute approximate surface area is 198 Å². The Balaban J connectivity index is 1.45. The quantitative estimate of drug-likeness (QED) is 0.161. The van der Waals surface area contributed by atoms with Crippen molar-refractivity contribution in [2.24, 2.45) is 0 Å². The lowest BCUT2D eigenvalue weighted by Gasteiger charge is -2.18. The largest absolute Gasteiger partial charge is 0.486 e. The fourth-order valence-corrected chi connectivity index (χ4v) is 5.56. The molecule has 2 aromatic heterocycles. The van der Waals surface area contributed by atoms with Gasteiger partial charge < -0.3 is 9.47 Å². The summed E-state index contributed by atoms with van der Waals surface area (Å²) in [7, 11) is 0. The van der Waals surface area contributed by atoms with Crippen molar-refractivity contribution in [3.05, 3.63) is 82.5 Å². The Morgan fingerprint density at radius 2 is 1.94 bits per heavy atom. The van der Waals surface area contributed by atoms with Gasteiger partial charge in [0.25, 0.3) is 5.56 Å². The molecular weight excluding hydrogens is 456 g/mol. The Hall–Kier alpha value is -3.36. The minimum Gasteiger partial charge on any atom is -0.486 e. The van der Waals surface area contributed by atoms with Crippen LogP contribution in [0.4, 0.5) is 0 Å². The second kappa shape index (κ2) is 9.25. The van der Waals surface area contributed by atoms with E-state index in [-0.39, 0.29) is 17.1 Å². The summed E-state index contributed by atoms with van der Waals surface area (Å²) in [6, 6.07) is 15.0. The first kappa shape index (κ1) is 21.5. The molecule has 8 heteroatoms. The number of benzene rings is 2. The molecule has 3 heterocycles. The number of thiophene rings is 1. The van der Waals surface area contributed by atoms with Gasteiger partial charge in [0.1, 0.15) is 18.0 Å². The van der Waals surface area contributed by atoms with Gasteiger partial charge in [0.15, 0.2) is 22.4 Å². The summed E-state index contributed by atoms with van der Waals surface area (Å²) >= 11 is 2.68. The van der Waals surface area contributed by atoms with Crippen molar-refractivity contribution in [1.82, 2.24) is 9.55 Å². The predicted octanol–water partition coefficient (Wildman–Crippen LogP) is 5.06. The van der Waals surface area contributed by atoms with Gasteiger partial charge in [0.05, 0.1) is 11.1 Å². The van der Waals surface area contributed by atoms with Gasteiger partial charge in [-0.25, -0.2) is 4.98 Å². The molecule has 0 bridgehead atoms. The van der Waals surface area contributed by atoms with Gasteiger partial charge in [-0.15, -0.1) is 17.9 Å². The van der Waals surface area contributed by atoms with Crippen LogP contribution in [0.15, 0.2) is 76.5 Å². The number of ether oxygens (including phenoxy) is 2. The van der Waals surface area contributed by atoms with Crippen molar-refractivity contribution in [2.45, 2.75) is 11.7 Å². The number of aromatic nitrogens is 2. The summed E-state index contributed by atoms with van der Waals surface area (Å²) in [5.74, 6) is 1.29. The molecule has 0 aliphatic carbocycles. The van der Waals surface area contributed by atoms with E-state index in [0.29, 0.717) is 52.2 Å². The van der Waals surface area contributed by atoms with E-state index in [1.807, 2.05) is 35.7 Å². The van der Waals surface area contributed by atoms with Gasteiger partial charge in [0.2, 0.25) is 0 Å². The minimum atomic E-state index is -0.130. The number of carbonyl (C=O) groups excluding carboxylic acids is 1. The number of hydrogen-bond donors (Lipinski definition) is 0. The SMILES string of the molecule is C=CCn1c(SCC(=O)c2ccc3c(c2)OCCO3)nc2scc(-c3ccccc3)c2c1=O. The lowest BCUT2D eigenvalue weighted by Crippen LogP contribution is -2.23. The molecule has 0 spiro atoms. The number of fused-ring (bicyclic) bond motifs is 2. The highest BCUT2D eigenvalue weighted by molar-refractivity contribution is 7.99. The second-order valence-electron chi connectivity index (χ2n) is 7.36. The molecule has 5 rings (SSSR count). The topological polar surface area (TPSA) is 70.4 Å². The van der Waals surface area contributed by atoms with E-state index >= 15 is 0 Å². The first-order valence-electron chi connectivity index (χ1n) is 10.4. The van der Waals surface area contributed by atoms with Crippen molar-refractivity contribution in [3.8, 4) is 22.6 Å². The monoisotopic (exact) mass is 476 g/mol. The van der Waals surface area contributed by atoms with Crippen LogP contribution in [0.5, 0.6) is 11.5 Å². The number of ketones is 1. The molecule has 1 aliphatic heterocycles. The first-order chi connectivity index (χ1) is 16.2. The number of rotatable bonds is 7. The minimum absolute atomic E-state index is 0.0763. The molecular formula is C25H20N2O4S2. The number of allylic oxidation sites excluding steroid dienone is 1.